The lowest BCUT2D eigenvalue weighted by Gasteiger charge is -2.28. The van der Waals surface area contributed by atoms with Crippen molar-refractivity contribution in [3.63, 3.8) is 0 Å². The van der Waals surface area contributed by atoms with Crippen molar-refractivity contribution in [3.8, 4) is 17.1 Å². The topological polar surface area (TPSA) is 66.8 Å². The number of H-pyrrole nitrogens is 1. The number of thioether (sulfide) groups is 1. The van der Waals surface area contributed by atoms with Crippen molar-refractivity contribution in [1.82, 2.24) is 24.6 Å². The fraction of sp³-hybridized carbons (Fsp3) is 0.179. The Morgan fingerprint density at radius 1 is 1.00 bits per heavy atom. The third kappa shape index (κ3) is 4.12. The van der Waals surface area contributed by atoms with Gasteiger partial charge in [0.15, 0.2) is 11.0 Å². The summed E-state index contributed by atoms with van der Waals surface area (Å²) < 4.78 is 2.06. The van der Waals surface area contributed by atoms with Crippen LogP contribution < -0.4 is 0 Å². The number of nitrogens with one attached hydrogen (secondary N) is 1. The molecule has 5 aromatic rings. The maximum atomic E-state index is 13.1. The first-order valence-electron chi connectivity index (χ1n) is 11.7. The van der Waals surface area contributed by atoms with Gasteiger partial charge in [-0.3, -0.25) is 9.36 Å². The van der Waals surface area contributed by atoms with Gasteiger partial charge in [0.05, 0.1) is 5.75 Å². The number of carbonyl (C=O) groups excluding carboxylic acids is 1. The number of carbonyl (C=O) groups is 1. The minimum atomic E-state index is 0.122. The summed E-state index contributed by atoms with van der Waals surface area (Å²) in [5, 5.41) is 10.9. The van der Waals surface area contributed by atoms with Gasteiger partial charge in [-0.25, -0.2) is 0 Å². The van der Waals surface area contributed by atoms with Crippen molar-refractivity contribution in [2.75, 3.05) is 12.3 Å². The molecular formula is C28H25N5OS. The van der Waals surface area contributed by atoms with E-state index in [1.807, 2.05) is 35.4 Å². The standard InChI is InChI=1S/C28H25N5OS/c1-19-7-6-10-22(15-19)33-27(24-16-29-25-12-5-4-11-23(24)25)30-31-28(33)35-18-26(34)32-14-13-20-8-2-3-9-21(20)17-32/h2-12,15-16,29H,13-14,17-18H2,1H3. The number of hydrogen-bond donors (Lipinski definition) is 1. The van der Waals surface area contributed by atoms with Crippen LogP contribution in [-0.4, -0.2) is 42.9 Å². The lowest BCUT2D eigenvalue weighted by molar-refractivity contribution is -0.129. The lowest BCUT2D eigenvalue weighted by atomic mass is 10.00. The van der Waals surface area contributed by atoms with Gasteiger partial charge in [0.2, 0.25) is 5.91 Å². The van der Waals surface area contributed by atoms with Crippen LogP contribution in [0.5, 0.6) is 0 Å². The van der Waals surface area contributed by atoms with Crippen molar-refractivity contribution in [2.24, 2.45) is 0 Å². The minimum Gasteiger partial charge on any atom is -0.360 e. The molecule has 0 bridgehead atoms. The molecule has 0 unspecified atom stereocenters. The molecule has 1 aliphatic heterocycles. The van der Waals surface area contributed by atoms with Crippen LogP contribution in [0.4, 0.5) is 0 Å². The van der Waals surface area contributed by atoms with Crippen molar-refractivity contribution in [1.29, 1.82) is 0 Å². The molecule has 0 aliphatic carbocycles. The summed E-state index contributed by atoms with van der Waals surface area (Å²) in [5.74, 6) is 1.20. The number of fused-ring (bicyclic) bond motifs is 2. The summed E-state index contributed by atoms with van der Waals surface area (Å²) in [4.78, 5) is 18.4. The van der Waals surface area contributed by atoms with Gasteiger partial charge in [-0.15, -0.1) is 10.2 Å². The predicted molar refractivity (Wildman–Crippen MR) is 140 cm³/mol. The fourth-order valence-corrected chi connectivity index (χ4v) is 5.58. The first-order valence-corrected chi connectivity index (χ1v) is 12.7. The van der Waals surface area contributed by atoms with Crippen molar-refractivity contribution in [2.45, 2.75) is 25.0 Å². The van der Waals surface area contributed by atoms with Gasteiger partial charge in [-0.05, 0) is 48.2 Å². The molecule has 3 heterocycles. The van der Waals surface area contributed by atoms with Crippen molar-refractivity contribution < 1.29 is 4.79 Å². The van der Waals surface area contributed by atoms with Gasteiger partial charge in [-0.2, -0.15) is 0 Å². The summed E-state index contributed by atoms with van der Waals surface area (Å²) in [6.45, 7) is 3.49. The van der Waals surface area contributed by atoms with Crippen molar-refractivity contribution in [3.05, 3.63) is 95.7 Å². The number of para-hydroxylation sites is 1. The number of rotatable bonds is 5. The maximum Gasteiger partial charge on any atom is 0.233 e. The summed E-state index contributed by atoms with van der Waals surface area (Å²) in [6, 6.07) is 24.8. The number of amides is 1. The molecule has 0 saturated carbocycles. The van der Waals surface area contributed by atoms with Crippen LogP contribution in [0, 0.1) is 6.92 Å². The van der Waals surface area contributed by atoms with Crippen LogP contribution in [-0.2, 0) is 17.8 Å². The number of aryl methyl sites for hydroxylation is 1. The Kier molecular flexibility index (Phi) is 5.62. The highest BCUT2D eigenvalue weighted by atomic mass is 32.2. The molecule has 1 amide bonds. The molecule has 0 fully saturated rings. The molecule has 7 heteroatoms. The highest BCUT2D eigenvalue weighted by Gasteiger charge is 2.23. The first kappa shape index (κ1) is 21.7. The van der Waals surface area contributed by atoms with Crippen LogP contribution in [0.15, 0.2) is 84.1 Å². The second kappa shape index (κ2) is 9.07. The Morgan fingerprint density at radius 2 is 1.83 bits per heavy atom. The molecule has 174 valence electrons. The van der Waals surface area contributed by atoms with Gasteiger partial charge < -0.3 is 9.88 Å². The van der Waals surface area contributed by atoms with Crippen LogP contribution >= 0.6 is 11.8 Å². The average Bonchev–Trinajstić information content (AvgIpc) is 3.51. The average molecular weight is 480 g/mol. The number of benzene rings is 3. The van der Waals surface area contributed by atoms with Gasteiger partial charge >= 0.3 is 0 Å². The van der Waals surface area contributed by atoms with Crippen LogP contribution in [0.2, 0.25) is 0 Å². The van der Waals surface area contributed by atoms with Crippen molar-refractivity contribution >= 4 is 28.6 Å². The van der Waals surface area contributed by atoms with Crippen LogP contribution in [0.25, 0.3) is 28.0 Å². The Morgan fingerprint density at radius 3 is 2.71 bits per heavy atom. The zero-order chi connectivity index (χ0) is 23.8. The van der Waals surface area contributed by atoms with Crippen LogP contribution in [0.3, 0.4) is 0 Å². The van der Waals surface area contributed by atoms with E-state index < -0.39 is 0 Å². The van der Waals surface area contributed by atoms with Gasteiger partial charge in [0.1, 0.15) is 0 Å². The second-order valence-electron chi connectivity index (χ2n) is 8.85. The molecule has 6 rings (SSSR count). The number of nitrogens with zero attached hydrogens (tertiary/aromatic N) is 4. The molecule has 3 aromatic carbocycles. The summed E-state index contributed by atoms with van der Waals surface area (Å²) in [5.41, 5.74) is 6.75. The molecular weight excluding hydrogens is 454 g/mol. The molecule has 1 N–H and O–H groups in total. The smallest absolute Gasteiger partial charge is 0.233 e. The van der Waals surface area contributed by atoms with E-state index in [4.69, 9.17) is 0 Å². The van der Waals surface area contributed by atoms with E-state index in [1.54, 1.807) is 0 Å². The first-order chi connectivity index (χ1) is 17.2. The molecule has 35 heavy (non-hydrogen) atoms. The highest BCUT2D eigenvalue weighted by molar-refractivity contribution is 7.99. The quantitative estimate of drug-likeness (QED) is 0.343. The predicted octanol–water partition coefficient (Wildman–Crippen LogP) is 5.40. The second-order valence-corrected chi connectivity index (χ2v) is 9.79. The molecule has 1 aliphatic rings. The van der Waals surface area contributed by atoms with E-state index in [2.05, 4.69) is 75.2 Å². The monoisotopic (exact) mass is 479 g/mol. The highest BCUT2D eigenvalue weighted by Crippen LogP contribution is 2.33. The van der Waals surface area contributed by atoms with Crippen LogP contribution in [0.1, 0.15) is 16.7 Å². The van der Waals surface area contributed by atoms with E-state index in [9.17, 15) is 4.79 Å². The van der Waals surface area contributed by atoms with E-state index >= 15 is 0 Å². The molecule has 0 saturated heterocycles. The third-order valence-corrected chi connectivity index (χ3v) is 7.45. The minimum absolute atomic E-state index is 0.122. The van der Waals surface area contributed by atoms with E-state index in [0.29, 0.717) is 17.5 Å². The molecule has 0 atom stereocenters. The number of aromatic nitrogens is 4. The Labute approximate surface area is 208 Å². The zero-order valence-electron chi connectivity index (χ0n) is 19.4. The van der Waals surface area contributed by atoms with Gasteiger partial charge in [0.25, 0.3) is 0 Å². The maximum absolute atomic E-state index is 13.1. The number of aromatic amines is 1. The third-order valence-electron chi connectivity index (χ3n) is 6.53. The number of hydrogen-bond acceptors (Lipinski definition) is 4. The zero-order valence-corrected chi connectivity index (χ0v) is 20.3. The molecule has 2 aromatic heterocycles. The Hall–Kier alpha value is -3.84. The molecule has 6 nitrogen and oxygen atoms in total. The van der Waals surface area contributed by atoms with Gasteiger partial charge in [-0.1, -0.05) is 66.4 Å². The Balaban J connectivity index is 1.31. The molecule has 0 spiro atoms. The summed E-state index contributed by atoms with van der Waals surface area (Å²) in [6.07, 6.45) is 2.88. The summed E-state index contributed by atoms with van der Waals surface area (Å²) in [7, 11) is 0. The fourth-order valence-electron chi connectivity index (χ4n) is 4.72. The lowest BCUT2D eigenvalue weighted by Crippen LogP contribution is -2.37. The Bertz CT molecular complexity index is 1540. The largest absolute Gasteiger partial charge is 0.360 e. The normalized spacial score (nSPS) is 13.2. The van der Waals surface area contributed by atoms with Gasteiger partial charge in [0, 0.05) is 41.4 Å². The van der Waals surface area contributed by atoms with E-state index in [0.717, 1.165) is 46.5 Å². The van der Waals surface area contributed by atoms with E-state index in [-0.39, 0.29) is 5.91 Å². The van der Waals surface area contributed by atoms with E-state index in [1.165, 1.54) is 22.9 Å². The summed E-state index contributed by atoms with van der Waals surface area (Å²) >= 11 is 1.44. The SMILES string of the molecule is Cc1cccc(-n2c(SCC(=O)N3CCc4ccccc4C3)nnc2-c2c[nH]c3ccccc23)c1. The molecule has 0 radical (unpaired) electrons.